The summed E-state index contributed by atoms with van der Waals surface area (Å²) in [4.78, 5) is 1.29. The second-order valence-corrected chi connectivity index (χ2v) is 6.20. The van der Waals surface area contributed by atoms with Crippen molar-refractivity contribution in [2.24, 2.45) is 0 Å². The van der Waals surface area contributed by atoms with Crippen molar-refractivity contribution in [3.05, 3.63) is 59.7 Å². The van der Waals surface area contributed by atoms with Crippen molar-refractivity contribution >= 4 is 11.8 Å². The van der Waals surface area contributed by atoms with Crippen LogP contribution in [0.2, 0.25) is 0 Å². The molecule has 3 heteroatoms. The molecule has 0 aromatic heterocycles. The van der Waals surface area contributed by atoms with Crippen LogP contribution in [0.15, 0.2) is 53.4 Å². The Hall–Kier alpha value is -1.45. The first-order valence-electron chi connectivity index (χ1n) is 6.93. The Labute approximate surface area is 123 Å². The Kier molecular flexibility index (Phi) is 3.99. The number of benzene rings is 2. The predicted molar refractivity (Wildman–Crippen MR) is 82.4 cm³/mol. The summed E-state index contributed by atoms with van der Waals surface area (Å²) >= 11 is 1.77. The monoisotopic (exact) mass is 286 g/mol. The molecule has 0 amide bonds. The van der Waals surface area contributed by atoms with Gasteiger partial charge < -0.3 is 9.84 Å². The van der Waals surface area contributed by atoms with E-state index in [-0.39, 0.29) is 5.25 Å². The molecule has 0 saturated carbocycles. The number of ether oxygens (including phenoxy) is 1. The van der Waals surface area contributed by atoms with Crippen LogP contribution in [0.3, 0.4) is 0 Å². The fourth-order valence-electron chi connectivity index (χ4n) is 2.55. The molecule has 0 saturated heterocycles. The number of aliphatic hydroxyl groups is 1. The van der Waals surface area contributed by atoms with Crippen molar-refractivity contribution in [3.8, 4) is 5.75 Å². The summed E-state index contributed by atoms with van der Waals surface area (Å²) < 4.78 is 5.50. The van der Waals surface area contributed by atoms with Crippen molar-refractivity contribution in [2.45, 2.75) is 29.6 Å². The molecule has 2 aromatic rings. The zero-order valence-electron chi connectivity index (χ0n) is 11.5. The average Bonchev–Trinajstić information content (AvgIpc) is 2.91. The Balaban J connectivity index is 1.77. The van der Waals surface area contributed by atoms with Gasteiger partial charge in [0.15, 0.2) is 0 Å². The van der Waals surface area contributed by atoms with Crippen LogP contribution in [0.25, 0.3) is 0 Å². The van der Waals surface area contributed by atoms with Gasteiger partial charge >= 0.3 is 0 Å². The highest BCUT2D eigenvalue weighted by molar-refractivity contribution is 8.00. The molecule has 2 aromatic carbocycles. The first-order chi connectivity index (χ1) is 9.78. The first kappa shape index (κ1) is 13.5. The number of fused-ring (bicyclic) bond motifs is 1. The van der Waals surface area contributed by atoms with E-state index in [9.17, 15) is 5.11 Å². The average molecular weight is 286 g/mol. The van der Waals surface area contributed by atoms with Crippen molar-refractivity contribution in [1.29, 1.82) is 0 Å². The van der Waals surface area contributed by atoms with Crippen LogP contribution in [-0.2, 0) is 6.42 Å². The molecule has 2 nitrogen and oxygen atoms in total. The van der Waals surface area contributed by atoms with Gasteiger partial charge in [0, 0.05) is 10.1 Å². The highest BCUT2D eigenvalue weighted by Gasteiger charge is 2.29. The highest BCUT2D eigenvalue weighted by Crippen LogP contribution is 2.42. The number of rotatable bonds is 4. The minimum absolute atomic E-state index is 0.185. The maximum atomic E-state index is 10.6. The van der Waals surface area contributed by atoms with Crippen molar-refractivity contribution in [1.82, 2.24) is 0 Å². The minimum Gasteiger partial charge on any atom is -0.494 e. The van der Waals surface area contributed by atoms with Crippen LogP contribution < -0.4 is 4.74 Å². The molecule has 0 fully saturated rings. The van der Waals surface area contributed by atoms with Crippen LogP contribution in [0.1, 0.15) is 24.2 Å². The molecule has 0 spiro atoms. The van der Waals surface area contributed by atoms with E-state index < -0.39 is 6.10 Å². The Morgan fingerprint density at radius 2 is 2.10 bits per heavy atom. The third-order valence-electron chi connectivity index (χ3n) is 3.53. The van der Waals surface area contributed by atoms with Crippen molar-refractivity contribution < 1.29 is 9.84 Å². The summed E-state index contributed by atoms with van der Waals surface area (Å²) in [5.74, 6) is 0.824. The van der Waals surface area contributed by atoms with Gasteiger partial charge in [-0.25, -0.2) is 0 Å². The molecule has 1 N–H and O–H groups in total. The van der Waals surface area contributed by atoms with Gasteiger partial charge in [-0.2, -0.15) is 0 Å². The quantitative estimate of drug-likeness (QED) is 0.926. The highest BCUT2D eigenvalue weighted by atomic mass is 32.2. The van der Waals surface area contributed by atoms with E-state index in [1.165, 1.54) is 10.5 Å². The molecule has 1 aliphatic rings. The van der Waals surface area contributed by atoms with Crippen LogP contribution in [0.4, 0.5) is 0 Å². The fraction of sp³-hybridized carbons (Fsp3) is 0.294. The SMILES string of the molecule is CCOc1cccc(C(O)C2Cc3ccccc3S2)c1. The first-order valence-corrected chi connectivity index (χ1v) is 7.81. The summed E-state index contributed by atoms with van der Waals surface area (Å²) in [6.07, 6.45) is 0.453. The topological polar surface area (TPSA) is 29.5 Å². The fourth-order valence-corrected chi connectivity index (χ4v) is 3.89. The molecule has 0 bridgehead atoms. The van der Waals surface area contributed by atoms with Crippen molar-refractivity contribution in [2.75, 3.05) is 6.61 Å². The molecule has 2 unspecified atom stereocenters. The Bertz CT molecular complexity index is 572. The van der Waals surface area contributed by atoms with E-state index in [0.717, 1.165) is 17.7 Å². The Morgan fingerprint density at radius 1 is 1.25 bits per heavy atom. The summed E-state index contributed by atoms with van der Waals surface area (Å²) in [6.45, 7) is 2.61. The van der Waals surface area contributed by atoms with Crippen molar-refractivity contribution in [3.63, 3.8) is 0 Å². The van der Waals surface area contributed by atoms with Gasteiger partial charge in [0.05, 0.1) is 12.7 Å². The summed E-state index contributed by atoms with van der Waals surface area (Å²) in [6, 6.07) is 16.2. The maximum Gasteiger partial charge on any atom is 0.119 e. The predicted octanol–water partition coefficient (Wildman–Crippen LogP) is 3.84. The summed E-state index contributed by atoms with van der Waals surface area (Å²) in [7, 11) is 0. The normalized spacial score (nSPS) is 18.6. The second-order valence-electron chi connectivity index (χ2n) is 4.92. The van der Waals surface area contributed by atoms with Crippen LogP contribution in [0, 0.1) is 0 Å². The number of hydrogen-bond donors (Lipinski definition) is 1. The largest absolute Gasteiger partial charge is 0.494 e. The molecule has 1 aliphatic heterocycles. The third-order valence-corrected chi connectivity index (χ3v) is 4.91. The molecule has 104 valence electrons. The minimum atomic E-state index is -0.465. The lowest BCUT2D eigenvalue weighted by molar-refractivity contribution is 0.174. The molecule has 2 atom stereocenters. The van der Waals surface area contributed by atoms with Gasteiger partial charge in [0.1, 0.15) is 5.75 Å². The zero-order chi connectivity index (χ0) is 13.9. The maximum absolute atomic E-state index is 10.6. The summed E-state index contributed by atoms with van der Waals surface area (Å²) in [5.41, 5.74) is 2.27. The van der Waals surface area contributed by atoms with Gasteiger partial charge in [0.25, 0.3) is 0 Å². The molecular weight excluding hydrogens is 268 g/mol. The number of thioether (sulfide) groups is 1. The molecule has 0 radical (unpaired) electrons. The smallest absolute Gasteiger partial charge is 0.119 e. The van der Waals surface area contributed by atoms with Crippen LogP contribution >= 0.6 is 11.8 Å². The van der Waals surface area contributed by atoms with E-state index in [0.29, 0.717) is 6.61 Å². The third kappa shape index (κ3) is 2.69. The molecule has 0 aliphatic carbocycles. The standard InChI is InChI=1S/C17H18O2S/c1-2-19-14-8-5-7-13(10-14)17(18)16-11-12-6-3-4-9-15(12)20-16/h3-10,16-18H,2,11H2,1H3. The molecule has 20 heavy (non-hydrogen) atoms. The summed E-state index contributed by atoms with van der Waals surface area (Å²) in [5, 5.41) is 10.8. The van der Waals surface area contributed by atoms with E-state index in [2.05, 4.69) is 24.3 Å². The van der Waals surface area contributed by atoms with Crippen LogP contribution in [-0.4, -0.2) is 17.0 Å². The van der Waals surface area contributed by atoms with Gasteiger partial charge in [-0.3, -0.25) is 0 Å². The number of hydrogen-bond acceptors (Lipinski definition) is 3. The van der Waals surface area contributed by atoms with Gasteiger partial charge in [-0.15, -0.1) is 11.8 Å². The van der Waals surface area contributed by atoms with E-state index in [4.69, 9.17) is 4.74 Å². The lowest BCUT2D eigenvalue weighted by atomic mass is 10.0. The van der Waals surface area contributed by atoms with E-state index in [1.807, 2.05) is 31.2 Å². The number of aliphatic hydroxyl groups excluding tert-OH is 1. The molecule has 3 rings (SSSR count). The van der Waals surface area contributed by atoms with Crippen LogP contribution in [0.5, 0.6) is 5.75 Å². The lowest BCUT2D eigenvalue weighted by Gasteiger charge is -2.18. The lowest BCUT2D eigenvalue weighted by Crippen LogP contribution is -2.14. The second kappa shape index (κ2) is 5.90. The van der Waals surface area contributed by atoms with E-state index in [1.54, 1.807) is 11.8 Å². The van der Waals surface area contributed by atoms with Gasteiger partial charge in [-0.1, -0.05) is 30.3 Å². The Morgan fingerprint density at radius 3 is 2.90 bits per heavy atom. The molecular formula is C17H18O2S. The van der Waals surface area contributed by atoms with Gasteiger partial charge in [-0.05, 0) is 42.7 Å². The van der Waals surface area contributed by atoms with Gasteiger partial charge in [0.2, 0.25) is 0 Å². The zero-order valence-corrected chi connectivity index (χ0v) is 12.3. The van der Waals surface area contributed by atoms with E-state index >= 15 is 0 Å². The molecule has 1 heterocycles.